The van der Waals surface area contributed by atoms with Gasteiger partial charge in [-0.05, 0) is 24.6 Å². The summed E-state index contributed by atoms with van der Waals surface area (Å²) in [5.74, 6) is 0. The Kier molecular flexibility index (Phi) is 7.22. The average Bonchev–Trinajstić information content (AvgIpc) is 2.33. The van der Waals surface area contributed by atoms with Crippen LogP contribution in [0.1, 0.15) is 19.8 Å². The van der Waals surface area contributed by atoms with Gasteiger partial charge in [0.25, 0.3) is 0 Å². The Balaban J connectivity index is 2.14. The van der Waals surface area contributed by atoms with Gasteiger partial charge < -0.3 is 9.47 Å². The molecule has 1 N–H and O–H groups in total. The zero-order valence-electron chi connectivity index (χ0n) is 10.4. The minimum atomic E-state index is -0.503. The maximum absolute atomic E-state index is 11.4. The molecule has 0 saturated carbocycles. The van der Waals surface area contributed by atoms with Gasteiger partial charge in [0.05, 0.1) is 6.61 Å². The third kappa shape index (κ3) is 6.47. The van der Waals surface area contributed by atoms with Gasteiger partial charge in [0.2, 0.25) is 0 Å². The summed E-state index contributed by atoms with van der Waals surface area (Å²) in [5.41, 5.74) is 0.611. The molecular weight excluding hydrogens is 254 g/mol. The van der Waals surface area contributed by atoms with E-state index in [9.17, 15) is 4.79 Å². The van der Waals surface area contributed by atoms with Gasteiger partial charge in [-0.1, -0.05) is 31.0 Å². The van der Waals surface area contributed by atoms with Gasteiger partial charge in [0, 0.05) is 17.3 Å². The number of carbonyl (C=O) groups is 1. The number of benzene rings is 1. The molecule has 4 nitrogen and oxygen atoms in total. The number of amides is 1. The fourth-order valence-corrected chi connectivity index (χ4v) is 1.45. The normalized spacial score (nSPS) is 10.1. The first-order chi connectivity index (χ1) is 8.72. The van der Waals surface area contributed by atoms with Gasteiger partial charge in [0.1, 0.15) is 6.61 Å². The van der Waals surface area contributed by atoms with E-state index in [4.69, 9.17) is 21.1 Å². The largest absolute Gasteiger partial charge is 0.447 e. The number of rotatable bonds is 7. The number of anilines is 1. The van der Waals surface area contributed by atoms with Crippen molar-refractivity contribution < 1.29 is 14.3 Å². The van der Waals surface area contributed by atoms with E-state index >= 15 is 0 Å². The molecule has 0 aliphatic heterocycles. The molecule has 0 aliphatic rings. The predicted molar refractivity (Wildman–Crippen MR) is 72.1 cm³/mol. The summed E-state index contributed by atoms with van der Waals surface area (Å²) in [4.78, 5) is 11.4. The average molecular weight is 272 g/mol. The van der Waals surface area contributed by atoms with Crippen LogP contribution in [0.2, 0.25) is 5.02 Å². The molecular formula is C13H18ClNO3. The lowest BCUT2D eigenvalue weighted by atomic mass is 10.3. The number of nitrogens with one attached hydrogen (secondary N) is 1. The summed E-state index contributed by atoms with van der Waals surface area (Å²) in [7, 11) is 0. The van der Waals surface area contributed by atoms with Crippen LogP contribution in [0, 0.1) is 0 Å². The molecule has 1 rings (SSSR count). The molecule has 0 saturated heterocycles. The third-order valence-corrected chi connectivity index (χ3v) is 2.41. The Morgan fingerprint density at radius 3 is 2.89 bits per heavy atom. The van der Waals surface area contributed by atoms with Gasteiger partial charge >= 0.3 is 6.09 Å². The van der Waals surface area contributed by atoms with Crippen molar-refractivity contribution >= 4 is 23.4 Å². The van der Waals surface area contributed by atoms with E-state index in [0.29, 0.717) is 23.9 Å². The van der Waals surface area contributed by atoms with E-state index in [1.165, 1.54) is 0 Å². The Hall–Kier alpha value is -1.26. The van der Waals surface area contributed by atoms with Crippen molar-refractivity contribution in [2.45, 2.75) is 19.8 Å². The zero-order valence-corrected chi connectivity index (χ0v) is 11.2. The van der Waals surface area contributed by atoms with Crippen molar-refractivity contribution in [1.82, 2.24) is 0 Å². The smallest absolute Gasteiger partial charge is 0.411 e. The molecule has 0 spiro atoms. The molecule has 1 aromatic carbocycles. The highest BCUT2D eigenvalue weighted by Gasteiger charge is 2.02. The van der Waals surface area contributed by atoms with Gasteiger partial charge in [-0.15, -0.1) is 0 Å². The lowest BCUT2D eigenvalue weighted by Gasteiger charge is -2.07. The number of carbonyl (C=O) groups excluding carboxylic acids is 1. The lowest BCUT2D eigenvalue weighted by Crippen LogP contribution is -2.16. The first kappa shape index (κ1) is 14.8. The van der Waals surface area contributed by atoms with E-state index < -0.39 is 6.09 Å². The Bertz CT molecular complexity index is 371. The van der Waals surface area contributed by atoms with Crippen molar-refractivity contribution in [2.75, 3.05) is 25.1 Å². The van der Waals surface area contributed by atoms with Crippen LogP contribution < -0.4 is 5.32 Å². The van der Waals surface area contributed by atoms with Gasteiger partial charge in [-0.3, -0.25) is 5.32 Å². The number of hydrogen-bond donors (Lipinski definition) is 1. The summed E-state index contributed by atoms with van der Waals surface area (Å²) in [6, 6.07) is 6.89. The van der Waals surface area contributed by atoms with Crippen LogP contribution in [0.4, 0.5) is 10.5 Å². The number of ether oxygens (including phenoxy) is 2. The molecule has 100 valence electrons. The van der Waals surface area contributed by atoms with Gasteiger partial charge in [-0.2, -0.15) is 0 Å². The molecule has 0 aliphatic carbocycles. The number of hydrogen-bond acceptors (Lipinski definition) is 3. The van der Waals surface area contributed by atoms with Gasteiger partial charge in [0.15, 0.2) is 0 Å². The predicted octanol–water partition coefficient (Wildman–Crippen LogP) is 3.71. The van der Waals surface area contributed by atoms with Crippen LogP contribution in [0.25, 0.3) is 0 Å². The fourth-order valence-electron chi connectivity index (χ4n) is 1.26. The fraction of sp³-hybridized carbons (Fsp3) is 0.462. The highest BCUT2D eigenvalue weighted by Crippen LogP contribution is 2.14. The quantitative estimate of drug-likeness (QED) is 0.769. The Labute approximate surface area is 112 Å². The van der Waals surface area contributed by atoms with Crippen LogP contribution >= 0.6 is 11.6 Å². The van der Waals surface area contributed by atoms with Crippen LogP contribution in [-0.4, -0.2) is 25.9 Å². The van der Waals surface area contributed by atoms with Crippen LogP contribution in [0.15, 0.2) is 24.3 Å². The van der Waals surface area contributed by atoms with Crippen molar-refractivity contribution in [1.29, 1.82) is 0 Å². The van der Waals surface area contributed by atoms with Crippen molar-refractivity contribution in [2.24, 2.45) is 0 Å². The second-order valence-corrected chi connectivity index (χ2v) is 4.17. The molecule has 5 heteroatoms. The summed E-state index contributed by atoms with van der Waals surface area (Å²) < 4.78 is 10.2. The van der Waals surface area contributed by atoms with E-state index in [1.807, 2.05) is 0 Å². The minimum Gasteiger partial charge on any atom is -0.447 e. The topological polar surface area (TPSA) is 47.6 Å². The second kappa shape index (κ2) is 8.78. The van der Waals surface area contributed by atoms with E-state index in [2.05, 4.69) is 12.2 Å². The molecule has 1 amide bonds. The van der Waals surface area contributed by atoms with Crippen molar-refractivity contribution in [3.8, 4) is 0 Å². The Morgan fingerprint density at radius 2 is 2.17 bits per heavy atom. The van der Waals surface area contributed by atoms with Crippen molar-refractivity contribution in [3.63, 3.8) is 0 Å². The van der Waals surface area contributed by atoms with Crippen LogP contribution in [-0.2, 0) is 9.47 Å². The van der Waals surface area contributed by atoms with E-state index in [1.54, 1.807) is 24.3 Å². The van der Waals surface area contributed by atoms with E-state index in [-0.39, 0.29) is 6.61 Å². The summed E-state index contributed by atoms with van der Waals surface area (Å²) in [6.07, 6.45) is 1.61. The zero-order chi connectivity index (χ0) is 13.2. The molecule has 18 heavy (non-hydrogen) atoms. The molecule has 1 aromatic rings. The molecule has 0 atom stereocenters. The molecule has 0 bridgehead atoms. The number of halogens is 1. The number of unbranched alkanes of at least 4 members (excludes halogenated alkanes) is 1. The molecule has 0 radical (unpaired) electrons. The first-order valence-corrected chi connectivity index (χ1v) is 6.37. The minimum absolute atomic E-state index is 0.246. The van der Waals surface area contributed by atoms with E-state index in [0.717, 1.165) is 12.8 Å². The molecule has 0 unspecified atom stereocenters. The maximum atomic E-state index is 11.4. The highest BCUT2D eigenvalue weighted by molar-refractivity contribution is 6.30. The van der Waals surface area contributed by atoms with Gasteiger partial charge in [-0.25, -0.2) is 4.79 Å². The maximum Gasteiger partial charge on any atom is 0.411 e. The summed E-state index contributed by atoms with van der Waals surface area (Å²) in [5, 5.41) is 3.15. The molecule has 0 aromatic heterocycles. The molecule has 0 fully saturated rings. The second-order valence-electron chi connectivity index (χ2n) is 3.74. The monoisotopic (exact) mass is 271 g/mol. The van der Waals surface area contributed by atoms with Crippen LogP contribution in [0.3, 0.4) is 0 Å². The third-order valence-electron chi connectivity index (χ3n) is 2.17. The van der Waals surface area contributed by atoms with Crippen molar-refractivity contribution in [3.05, 3.63) is 29.3 Å². The first-order valence-electron chi connectivity index (χ1n) is 5.99. The standard InChI is InChI=1S/C13H18ClNO3/c1-2-3-7-17-8-9-18-13(16)15-12-6-4-5-11(14)10-12/h4-6,10H,2-3,7-9H2,1H3,(H,15,16). The SMILES string of the molecule is CCCCOCCOC(=O)Nc1cccc(Cl)c1. The highest BCUT2D eigenvalue weighted by atomic mass is 35.5. The Morgan fingerprint density at radius 1 is 1.33 bits per heavy atom. The summed E-state index contributed by atoms with van der Waals surface area (Å²) >= 11 is 5.79. The lowest BCUT2D eigenvalue weighted by molar-refractivity contribution is 0.0768. The van der Waals surface area contributed by atoms with Crippen LogP contribution in [0.5, 0.6) is 0 Å². The summed E-state index contributed by atoms with van der Waals surface area (Å²) in [6.45, 7) is 3.47. The molecule has 0 heterocycles.